The van der Waals surface area contributed by atoms with Crippen LogP contribution in [0.15, 0.2) is 17.6 Å². The summed E-state index contributed by atoms with van der Waals surface area (Å²) in [5, 5.41) is 2.61. The van der Waals surface area contributed by atoms with E-state index < -0.39 is 41.6 Å². The van der Waals surface area contributed by atoms with Gasteiger partial charge < -0.3 is 25.1 Å². The molecule has 0 unspecified atom stereocenters. The number of nitrogens with one attached hydrogen (secondary N) is 1. The summed E-state index contributed by atoms with van der Waals surface area (Å²) < 4.78 is 45.4. The first kappa shape index (κ1) is 23.2. The summed E-state index contributed by atoms with van der Waals surface area (Å²) in [6.45, 7) is 12.7. The summed E-state index contributed by atoms with van der Waals surface area (Å²) in [4.78, 5) is 12.1. The molecule has 1 aromatic rings. The molecule has 0 aromatic heterocycles. The van der Waals surface area contributed by atoms with Crippen molar-refractivity contribution in [3.63, 3.8) is 0 Å². The zero-order chi connectivity index (χ0) is 22.2. The summed E-state index contributed by atoms with van der Waals surface area (Å²) in [5.74, 6) is -1.44. The number of hydrogen-bond acceptors (Lipinski definition) is 5. The first-order chi connectivity index (χ1) is 13.1. The number of nitrogen functional groups attached to an aromatic ring is 1. The van der Waals surface area contributed by atoms with Gasteiger partial charge in [0.05, 0.1) is 16.9 Å². The van der Waals surface area contributed by atoms with Gasteiger partial charge in [-0.2, -0.15) is 0 Å². The number of carbonyl (C=O) groups is 1. The maximum absolute atomic E-state index is 14.3. The number of alkyl carbamates (subject to hydrolysis) is 1. The average molecular weight is 410 g/mol. The number of ether oxygens (including phenoxy) is 1. The van der Waals surface area contributed by atoms with Crippen molar-refractivity contribution < 1.29 is 27.6 Å². The number of anilines is 1. The van der Waals surface area contributed by atoms with Crippen molar-refractivity contribution in [1.29, 1.82) is 0 Å². The summed E-state index contributed by atoms with van der Waals surface area (Å²) in [6, 6.07) is 1.90. The van der Waals surface area contributed by atoms with Crippen LogP contribution in [0.2, 0.25) is 0 Å². The molecule has 1 saturated heterocycles. The minimum Gasteiger partial charge on any atom is -0.444 e. The fourth-order valence-electron chi connectivity index (χ4n) is 2.57. The molecule has 0 radical (unpaired) electrons. The van der Waals surface area contributed by atoms with Crippen LogP contribution < -0.4 is 11.1 Å². The van der Waals surface area contributed by atoms with E-state index in [4.69, 9.17) is 19.8 Å². The van der Waals surface area contributed by atoms with Crippen LogP contribution in [0.25, 0.3) is 6.08 Å². The van der Waals surface area contributed by atoms with Crippen LogP contribution in [0, 0.1) is 11.6 Å². The van der Waals surface area contributed by atoms with E-state index in [1.54, 1.807) is 20.8 Å². The lowest BCUT2D eigenvalue weighted by Gasteiger charge is -2.32. The van der Waals surface area contributed by atoms with Crippen molar-refractivity contribution in [2.24, 2.45) is 0 Å². The topological polar surface area (TPSA) is 82.8 Å². The monoisotopic (exact) mass is 410 g/mol. The van der Waals surface area contributed by atoms with Gasteiger partial charge in [0, 0.05) is 18.2 Å². The number of nitrogens with two attached hydrogens (primary N) is 1. The Morgan fingerprint density at radius 1 is 1.17 bits per heavy atom. The van der Waals surface area contributed by atoms with E-state index in [0.29, 0.717) is 5.47 Å². The van der Waals surface area contributed by atoms with Gasteiger partial charge in [0.25, 0.3) is 0 Å². The number of rotatable bonds is 4. The number of benzene rings is 1. The largest absolute Gasteiger partial charge is 0.492 e. The van der Waals surface area contributed by atoms with Gasteiger partial charge in [0.15, 0.2) is 0 Å². The molecule has 1 amide bonds. The third-order valence-corrected chi connectivity index (χ3v) is 4.85. The van der Waals surface area contributed by atoms with Gasteiger partial charge in [-0.1, -0.05) is 6.08 Å². The van der Waals surface area contributed by atoms with Gasteiger partial charge >= 0.3 is 13.2 Å². The van der Waals surface area contributed by atoms with Gasteiger partial charge in [0.1, 0.15) is 17.2 Å². The molecule has 160 valence electrons. The maximum atomic E-state index is 14.3. The molecule has 1 heterocycles. The van der Waals surface area contributed by atoms with E-state index in [-0.39, 0.29) is 17.8 Å². The van der Waals surface area contributed by atoms with Crippen molar-refractivity contribution >= 4 is 25.0 Å². The third-order valence-electron chi connectivity index (χ3n) is 4.85. The highest BCUT2D eigenvalue weighted by molar-refractivity contribution is 6.56. The fraction of sp³-hybridized carbons (Fsp3) is 0.550. The fourth-order valence-corrected chi connectivity index (χ4v) is 2.57. The molecule has 0 spiro atoms. The lowest BCUT2D eigenvalue weighted by molar-refractivity contribution is 0.00578. The molecule has 0 bridgehead atoms. The summed E-state index contributed by atoms with van der Waals surface area (Å²) in [6.07, 6.45) is 0.737. The Balaban J connectivity index is 2.34. The number of carbonyl (C=O) groups excluding carboxylic acids is 1. The Labute approximate surface area is 170 Å². The lowest BCUT2D eigenvalue weighted by atomic mass is 9.77. The highest BCUT2D eigenvalue weighted by atomic mass is 19.1. The lowest BCUT2D eigenvalue weighted by Crippen LogP contribution is -2.41. The zero-order valence-electron chi connectivity index (χ0n) is 18.0. The van der Waals surface area contributed by atoms with Crippen LogP contribution in [0.1, 0.15) is 54.0 Å². The van der Waals surface area contributed by atoms with Gasteiger partial charge in [-0.25, -0.2) is 13.6 Å². The highest BCUT2D eigenvalue weighted by Gasteiger charge is 2.52. The molecule has 1 aromatic carbocycles. The Kier molecular flexibility index (Phi) is 6.35. The van der Waals surface area contributed by atoms with Gasteiger partial charge in [-0.3, -0.25) is 0 Å². The second-order valence-electron chi connectivity index (χ2n) is 9.06. The van der Waals surface area contributed by atoms with Crippen molar-refractivity contribution in [3.8, 4) is 0 Å². The SMILES string of the molecule is CC(C)(C)OC(=O)NCC(=Cc1cc(F)c(N)cc1F)B1OC(C)(C)C(C)(C)O1. The van der Waals surface area contributed by atoms with Gasteiger partial charge in [-0.15, -0.1) is 0 Å². The standard InChI is InChI=1S/C20H29BF2N2O4/c1-18(2,3)27-17(26)25-11-13(21-28-19(4,5)20(6,7)29-21)8-12-9-15(23)16(24)10-14(12)22/h8-10H,11,24H2,1-7H3,(H,25,26). The number of amides is 1. The van der Waals surface area contributed by atoms with Crippen molar-refractivity contribution in [1.82, 2.24) is 5.32 Å². The zero-order valence-corrected chi connectivity index (χ0v) is 18.0. The molecule has 2 rings (SSSR count). The van der Waals surface area contributed by atoms with Crippen molar-refractivity contribution in [3.05, 3.63) is 34.8 Å². The smallest absolute Gasteiger partial charge is 0.444 e. The quantitative estimate of drug-likeness (QED) is 0.577. The van der Waals surface area contributed by atoms with Crippen LogP contribution in [-0.4, -0.2) is 36.6 Å². The Bertz CT molecular complexity index is 803. The maximum Gasteiger partial charge on any atom is 0.492 e. The molecule has 0 aliphatic carbocycles. The first-order valence-corrected chi connectivity index (χ1v) is 9.39. The Morgan fingerprint density at radius 2 is 1.72 bits per heavy atom. The van der Waals surface area contributed by atoms with Crippen LogP contribution in [0.3, 0.4) is 0 Å². The van der Waals surface area contributed by atoms with Gasteiger partial charge in [0.2, 0.25) is 0 Å². The molecular formula is C20H29BF2N2O4. The van der Waals surface area contributed by atoms with Crippen molar-refractivity contribution in [2.75, 3.05) is 12.3 Å². The molecule has 0 saturated carbocycles. The highest BCUT2D eigenvalue weighted by Crippen LogP contribution is 2.39. The molecule has 1 fully saturated rings. The summed E-state index contributed by atoms with van der Waals surface area (Å²) in [7, 11) is -0.866. The van der Waals surface area contributed by atoms with E-state index in [2.05, 4.69) is 5.32 Å². The molecule has 9 heteroatoms. The predicted molar refractivity (Wildman–Crippen MR) is 109 cm³/mol. The summed E-state index contributed by atoms with van der Waals surface area (Å²) >= 11 is 0. The molecular weight excluding hydrogens is 381 g/mol. The third kappa shape index (κ3) is 5.70. The predicted octanol–water partition coefficient (Wildman–Crippen LogP) is 4.09. The minimum absolute atomic E-state index is 0.0348. The van der Waals surface area contributed by atoms with E-state index in [1.165, 1.54) is 6.08 Å². The van der Waals surface area contributed by atoms with Crippen LogP contribution >= 0.6 is 0 Å². The molecule has 1 aliphatic rings. The molecule has 1 aliphatic heterocycles. The first-order valence-electron chi connectivity index (χ1n) is 9.39. The van der Waals surface area contributed by atoms with E-state index in [0.717, 1.165) is 12.1 Å². The molecule has 3 N–H and O–H groups in total. The minimum atomic E-state index is -0.866. The molecule has 29 heavy (non-hydrogen) atoms. The Morgan fingerprint density at radius 3 is 2.24 bits per heavy atom. The second kappa shape index (κ2) is 7.95. The van der Waals surface area contributed by atoms with Crippen molar-refractivity contribution in [2.45, 2.75) is 65.3 Å². The average Bonchev–Trinajstić information content (AvgIpc) is 2.74. The molecule has 0 atom stereocenters. The van der Waals surface area contributed by atoms with E-state index >= 15 is 0 Å². The Hall–Kier alpha value is -2.13. The number of hydrogen-bond donors (Lipinski definition) is 2. The van der Waals surface area contributed by atoms with Crippen LogP contribution in [-0.2, 0) is 14.0 Å². The second-order valence-corrected chi connectivity index (χ2v) is 9.06. The van der Waals surface area contributed by atoms with Gasteiger partial charge in [-0.05, 0) is 60.0 Å². The van der Waals surface area contributed by atoms with E-state index in [1.807, 2.05) is 27.7 Å². The van der Waals surface area contributed by atoms with Crippen LogP contribution in [0.4, 0.5) is 19.3 Å². The number of halogens is 2. The molecule has 6 nitrogen and oxygen atoms in total. The van der Waals surface area contributed by atoms with E-state index in [9.17, 15) is 13.6 Å². The summed E-state index contributed by atoms with van der Waals surface area (Å²) in [5.41, 5.74) is 3.52. The normalized spacial score (nSPS) is 18.7. The van der Waals surface area contributed by atoms with Crippen LogP contribution in [0.5, 0.6) is 0 Å².